The molecule has 0 N–H and O–H groups in total. The summed E-state index contributed by atoms with van der Waals surface area (Å²) in [5.41, 5.74) is 0. The molecular formula is C15H18F4N2O3S. The number of piperidine rings is 1. The summed E-state index contributed by atoms with van der Waals surface area (Å²) in [6, 6.07) is 4.25. The van der Waals surface area contributed by atoms with Crippen molar-refractivity contribution in [3.8, 4) is 0 Å². The average molecular weight is 382 g/mol. The highest BCUT2D eigenvalue weighted by atomic mass is 32.2. The second kappa shape index (κ2) is 7.28. The van der Waals surface area contributed by atoms with E-state index in [1.807, 2.05) is 0 Å². The third kappa shape index (κ3) is 4.91. The van der Waals surface area contributed by atoms with Crippen molar-refractivity contribution in [2.75, 3.05) is 26.7 Å². The SMILES string of the molecule is CN(CC(F)(F)F)C(=O)C1CCCN(S(=O)(=O)c2ccc(F)cc2)C1. The smallest absolute Gasteiger partial charge is 0.336 e. The fraction of sp³-hybridized carbons (Fsp3) is 0.533. The number of hydrogen-bond donors (Lipinski definition) is 0. The summed E-state index contributed by atoms with van der Waals surface area (Å²) in [5.74, 6) is -2.16. The van der Waals surface area contributed by atoms with Gasteiger partial charge in [-0.2, -0.15) is 17.5 Å². The maximum absolute atomic E-state index is 13.0. The number of nitrogens with zero attached hydrogens (tertiary/aromatic N) is 2. The number of carbonyl (C=O) groups excluding carboxylic acids is 1. The zero-order chi connectivity index (χ0) is 18.8. The molecule has 5 nitrogen and oxygen atoms in total. The van der Waals surface area contributed by atoms with E-state index in [0.29, 0.717) is 17.7 Å². The van der Waals surface area contributed by atoms with Crippen LogP contribution in [0.15, 0.2) is 29.2 Å². The molecule has 1 saturated heterocycles. The minimum absolute atomic E-state index is 0.120. The van der Waals surface area contributed by atoms with Crippen LogP contribution in [0.4, 0.5) is 17.6 Å². The molecule has 0 aromatic heterocycles. The van der Waals surface area contributed by atoms with Crippen molar-refractivity contribution in [2.45, 2.75) is 23.9 Å². The maximum Gasteiger partial charge on any atom is 0.406 e. The zero-order valence-corrected chi connectivity index (χ0v) is 14.3. The number of sulfonamides is 1. The van der Waals surface area contributed by atoms with Gasteiger partial charge in [-0.15, -0.1) is 0 Å². The van der Waals surface area contributed by atoms with E-state index in [2.05, 4.69) is 0 Å². The van der Waals surface area contributed by atoms with Crippen molar-refractivity contribution in [1.82, 2.24) is 9.21 Å². The average Bonchev–Trinajstić information content (AvgIpc) is 2.53. The van der Waals surface area contributed by atoms with Crippen molar-refractivity contribution < 1.29 is 30.8 Å². The van der Waals surface area contributed by atoms with Gasteiger partial charge < -0.3 is 4.90 Å². The lowest BCUT2D eigenvalue weighted by Crippen LogP contribution is -2.47. The number of carbonyl (C=O) groups is 1. The Labute approximate surface area is 143 Å². The van der Waals surface area contributed by atoms with E-state index in [1.54, 1.807) is 0 Å². The molecule has 140 valence electrons. The lowest BCUT2D eigenvalue weighted by atomic mass is 9.98. The Morgan fingerprint density at radius 1 is 1.28 bits per heavy atom. The van der Waals surface area contributed by atoms with Crippen LogP contribution in [-0.4, -0.2) is 56.4 Å². The molecule has 0 radical (unpaired) electrons. The third-order valence-corrected chi connectivity index (χ3v) is 5.86. The molecule has 1 heterocycles. The fourth-order valence-electron chi connectivity index (χ4n) is 2.78. The second-order valence-electron chi connectivity index (χ2n) is 5.97. The van der Waals surface area contributed by atoms with Gasteiger partial charge in [-0.05, 0) is 37.1 Å². The van der Waals surface area contributed by atoms with Gasteiger partial charge in [0.2, 0.25) is 15.9 Å². The van der Waals surface area contributed by atoms with Crippen molar-refractivity contribution >= 4 is 15.9 Å². The molecule has 1 atom stereocenters. The Bertz CT molecular complexity index is 719. The molecular weight excluding hydrogens is 364 g/mol. The molecule has 1 aliphatic rings. The third-order valence-electron chi connectivity index (χ3n) is 3.98. The molecule has 1 fully saturated rings. The predicted octanol–water partition coefficient (Wildman–Crippen LogP) is 2.25. The molecule has 1 aliphatic heterocycles. The summed E-state index contributed by atoms with van der Waals surface area (Å²) < 4.78 is 76.4. The number of alkyl halides is 3. The van der Waals surface area contributed by atoms with Crippen LogP contribution >= 0.6 is 0 Å². The lowest BCUT2D eigenvalue weighted by Gasteiger charge is -2.33. The highest BCUT2D eigenvalue weighted by molar-refractivity contribution is 7.89. The molecule has 2 rings (SSSR count). The van der Waals surface area contributed by atoms with Gasteiger partial charge in [-0.3, -0.25) is 4.79 Å². The highest BCUT2D eigenvalue weighted by Crippen LogP contribution is 2.26. The van der Waals surface area contributed by atoms with Crippen LogP contribution in [0.25, 0.3) is 0 Å². The molecule has 25 heavy (non-hydrogen) atoms. The first-order chi connectivity index (χ1) is 11.5. The minimum atomic E-state index is -4.51. The Balaban J connectivity index is 2.12. The van der Waals surface area contributed by atoms with Gasteiger partial charge >= 0.3 is 6.18 Å². The van der Waals surface area contributed by atoms with Crippen LogP contribution in [0, 0.1) is 11.7 Å². The number of amides is 1. The van der Waals surface area contributed by atoms with Crippen LogP contribution in [-0.2, 0) is 14.8 Å². The Morgan fingerprint density at radius 2 is 1.88 bits per heavy atom. The summed E-state index contributed by atoms with van der Waals surface area (Å²) in [6.45, 7) is -1.42. The quantitative estimate of drug-likeness (QED) is 0.751. The van der Waals surface area contributed by atoms with E-state index < -0.39 is 40.4 Å². The van der Waals surface area contributed by atoms with E-state index in [0.717, 1.165) is 35.6 Å². The molecule has 10 heteroatoms. The van der Waals surface area contributed by atoms with E-state index in [9.17, 15) is 30.8 Å². The van der Waals surface area contributed by atoms with Crippen LogP contribution in [0.5, 0.6) is 0 Å². The molecule has 1 aromatic carbocycles. The summed E-state index contributed by atoms with van der Waals surface area (Å²) in [6.07, 6.45) is -3.84. The number of hydrogen-bond acceptors (Lipinski definition) is 3. The van der Waals surface area contributed by atoms with E-state index in [-0.39, 0.29) is 18.0 Å². The number of benzene rings is 1. The number of halogens is 4. The summed E-state index contributed by atoms with van der Waals surface area (Å²) >= 11 is 0. The van der Waals surface area contributed by atoms with Crippen molar-refractivity contribution in [2.24, 2.45) is 5.92 Å². The van der Waals surface area contributed by atoms with Gasteiger partial charge in [-0.1, -0.05) is 0 Å². The molecule has 0 aliphatic carbocycles. The van der Waals surface area contributed by atoms with E-state index in [1.165, 1.54) is 0 Å². The normalized spacial score (nSPS) is 19.6. The standard InChI is InChI=1S/C15H18F4N2O3S/c1-20(10-15(17,18)19)14(22)11-3-2-8-21(9-11)25(23,24)13-6-4-12(16)5-7-13/h4-7,11H,2-3,8-10H2,1H3. The van der Waals surface area contributed by atoms with Gasteiger partial charge in [-0.25, -0.2) is 12.8 Å². The highest BCUT2D eigenvalue weighted by Gasteiger charge is 2.37. The first-order valence-corrected chi connectivity index (χ1v) is 9.02. The molecule has 1 unspecified atom stereocenters. The molecule has 1 amide bonds. The monoisotopic (exact) mass is 382 g/mol. The maximum atomic E-state index is 13.0. The summed E-state index contributed by atoms with van der Waals surface area (Å²) in [5, 5.41) is 0. The second-order valence-corrected chi connectivity index (χ2v) is 7.90. The van der Waals surface area contributed by atoms with E-state index in [4.69, 9.17) is 0 Å². The van der Waals surface area contributed by atoms with Gasteiger partial charge in [0.15, 0.2) is 0 Å². The van der Waals surface area contributed by atoms with Crippen molar-refractivity contribution in [3.05, 3.63) is 30.1 Å². The van der Waals surface area contributed by atoms with Crippen molar-refractivity contribution in [1.29, 1.82) is 0 Å². The molecule has 0 spiro atoms. The van der Waals surface area contributed by atoms with Crippen LogP contribution < -0.4 is 0 Å². The molecule has 0 saturated carbocycles. The van der Waals surface area contributed by atoms with Gasteiger partial charge in [0.05, 0.1) is 10.8 Å². The van der Waals surface area contributed by atoms with Gasteiger partial charge in [0, 0.05) is 20.1 Å². The first kappa shape index (κ1) is 19.6. The Hall–Kier alpha value is -1.68. The van der Waals surface area contributed by atoms with Crippen LogP contribution in [0.3, 0.4) is 0 Å². The van der Waals surface area contributed by atoms with Crippen molar-refractivity contribution in [3.63, 3.8) is 0 Å². The minimum Gasteiger partial charge on any atom is -0.336 e. The van der Waals surface area contributed by atoms with E-state index >= 15 is 0 Å². The molecule has 1 aromatic rings. The fourth-order valence-corrected chi connectivity index (χ4v) is 4.30. The Kier molecular flexibility index (Phi) is 5.72. The van der Waals surface area contributed by atoms with Crippen LogP contribution in [0.2, 0.25) is 0 Å². The predicted molar refractivity (Wildman–Crippen MR) is 81.6 cm³/mol. The zero-order valence-electron chi connectivity index (χ0n) is 13.5. The first-order valence-electron chi connectivity index (χ1n) is 7.58. The van der Waals surface area contributed by atoms with Gasteiger partial charge in [0.1, 0.15) is 12.4 Å². The Morgan fingerprint density at radius 3 is 2.44 bits per heavy atom. The summed E-state index contributed by atoms with van der Waals surface area (Å²) in [7, 11) is -2.89. The summed E-state index contributed by atoms with van der Waals surface area (Å²) in [4.78, 5) is 12.6. The lowest BCUT2D eigenvalue weighted by molar-refractivity contribution is -0.161. The topological polar surface area (TPSA) is 57.7 Å². The van der Waals surface area contributed by atoms with Crippen LogP contribution in [0.1, 0.15) is 12.8 Å². The largest absolute Gasteiger partial charge is 0.406 e. The number of rotatable bonds is 4. The van der Waals surface area contributed by atoms with Gasteiger partial charge in [0.25, 0.3) is 0 Å². The molecule has 0 bridgehead atoms.